The molecule has 0 spiro atoms. The lowest BCUT2D eigenvalue weighted by molar-refractivity contribution is 0.262. The molecule has 0 aliphatic heterocycles. The van der Waals surface area contributed by atoms with E-state index in [0.717, 1.165) is 30.0 Å². The minimum atomic E-state index is -1.02. The van der Waals surface area contributed by atoms with Crippen LogP contribution >= 0.6 is 11.3 Å². The highest BCUT2D eigenvalue weighted by molar-refractivity contribution is 7.15. The zero-order valence-electron chi connectivity index (χ0n) is 10.2. The van der Waals surface area contributed by atoms with Gasteiger partial charge in [-0.25, -0.2) is 13.6 Å². The average Bonchev–Trinajstić information content (AvgIpc) is 3.15. The van der Waals surface area contributed by atoms with Crippen LogP contribution < -0.4 is 10.6 Å². The predicted molar refractivity (Wildman–Crippen MR) is 70.9 cm³/mol. The maximum Gasteiger partial charge on any atom is 0.325 e. The summed E-state index contributed by atoms with van der Waals surface area (Å²) in [7, 11) is 0. The van der Waals surface area contributed by atoms with Crippen LogP contribution in [0.1, 0.15) is 23.8 Å². The lowest BCUT2D eigenvalue weighted by atomic mass is 10.3. The summed E-state index contributed by atoms with van der Waals surface area (Å²) in [5, 5.41) is 14.0. The van der Waals surface area contributed by atoms with Gasteiger partial charge in [0, 0.05) is 17.7 Å². The van der Waals surface area contributed by atoms with Crippen LogP contribution in [0.3, 0.4) is 0 Å². The van der Waals surface area contributed by atoms with E-state index in [0.29, 0.717) is 11.0 Å². The van der Waals surface area contributed by atoms with Crippen LogP contribution in [0.5, 0.6) is 0 Å². The fourth-order valence-corrected chi connectivity index (χ4v) is 2.52. The molecule has 2 aromatic rings. The van der Waals surface area contributed by atoms with E-state index in [4.69, 9.17) is 0 Å². The first-order chi connectivity index (χ1) is 9.61. The molecule has 1 aromatic carbocycles. The van der Waals surface area contributed by atoms with E-state index in [1.54, 1.807) is 0 Å². The van der Waals surface area contributed by atoms with Crippen molar-refractivity contribution in [2.45, 2.75) is 18.8 Å². The Morgan fingerprint density at radius 3 is 2.70 bits per heavy atom. The standard InChI is InChI=1S/C12H10F2N4OS/c13-8-4-3-7(5-9(8)14)15-11(19)16-12-18-17-10(20-12)6-1-2-6/h3-6H,1-2H2,(H2,15,16,18,19). The molecule has 3 rings (SSSR count). The fourth-order valence-electron chi connectivity index (χ4n) is 1.61. The van der Waals surface area contributed by atoms with Gasteiger partial charge in [0.15, 0.2) is 11.6 Å². The third-order valence-electron chi connectivity index (χ3n) is 2.77. The predicted octanol–water partition coefficient (Wildman–Crippen LogP) is 3.34. The Morgan fingerprint density at radius 2 is 2.00 bits per heavy atom. The van der Waals surface area contributed by atoms with E-state index in [1.165, 1.54) is 17.4 Å². The second kappa shape index (κ2) is 5.12. The van der Waals surface area contributed by atoms with E-state index in [9.17, 15) is 13.6 Å². The van der Waals surface area contributed by atoms with Gasteiger partial charge in [-0.1, -0.05) is 11.3 Å². The highest BCUT2D eigenvalue weighted by Crippen LogP contribution is 2.42. The minimum absolute atomic E-state index is 0.160. The van der Waals surface area contributed by atoms with Crippen LogP contribution in [-0.4, -0.2) is 16.2 Å². The van der Waals surface area contributed by atoms with Gasteiger partial charge in [0.05, 0.1) is 0 Å². The number of hydrogen-bond acceptors (Lipinski definition) is 4. The number of carbonyl (C=O) groups excluding carboxylic acids is 1. The Hall–Kier alpha value is -2.09. The van der Waals surface area contributed by atoms with Crippen LogP contribution in [-0.2, 0) is 0 Å². The van der Waals surface area contributed by atoms with E-state index in [-0.39, 0.29) is 5.69 Å². The molecule has 1 aliphatic rings. The largest absolute Gasteiger partial charge is 0.325 e. The summed E-state index contributed by atoms with van der Waals surface area (Å²) in [4.78, 5) is 11.7. The molecule has 0 bridgehead atoms. The van der Waals surface area contributed by atoms with E-state index >= 15 is 0 Å². The summed E-state index contributed by atoms with van der Waals surface area (Å²) in [6.45, 7) is 0. The smallest absolute Gasteiger partial charge is 0.308 e. The summed E-state index contributed by atoms with van der Waals surface area (Å²) in [6, 6.07) is 2.55. The highest BCUT2D eigenvalue weighted by atomic mass is 32.1. The van der Waals surface area contributed by atoms with Gasteiger partial charge in [-0.2, -0.15) is 0 Å². The number of hydrogen-bond donors (Lipinski definition) is 2. The molecule has 2 amide bonds. The second-order valence-corrected chi connectivity index (χ2v) is 5.44. The normalized spacial score (nSPS) is 14.1. The lowest BCUT2D eigenvalue weighted by Gasteiger charge is -2.05. The van der Waals surface area contributed by atoms with Gasteiger partial charge in [0.1, 0.15) is 5.01 Å². The van der Waals surface area contributed by atoms with E-state index in [2.05, 4.69) is 20.8 Å². The topological polar surface area (TPSA) is 66.9 Å². The molecule has 1 saturated carbocycles. The van der Waals surface area contributed by atoms with E-state index in [1.807, 2.05) is 0 Å². The molecule has 0 atom stereocenters. The van der Waals surface area contributed by atoms with Crippen molar-refractivity contribution in [1.82, 2.24) is 10.2 Å². The summed E-state index contributed by atoms with van der Waals surface area (Å²) >= 11 is 1.32. The van der Waals surface area contributed by atoms with Gasteiger partial charge >= 0.3 is 6.03 Å². The minimum Gasteiger partial charge on any atom is -0.308 e. The lowest BCUT2D eigenvalue weighted by Crippen LogP contribution is -2.19. The van der Waals surface area contributed by atoms with E-state index < -0.39 is 17.7 Å². The first kappa shape index (κ1) is 12.9. The monoisotopic (exact) mass is 296 g/mol. The van der Waals surface area contributed by atoms with Crippen LogP contribution in [0.2, 0.25) is 0 Å². The van der Waals surface area contributed by atoms with Gasteiger partial charge in [0.2, 0.25) is 5.13 Å². The Balaban J connectivity index is 1.61. The van der Waals surface area contributed by atoms with Crippen molar-refractivity contribution in [3.63, 3.8) is 0 Å². The molecule has 104 valence electrons. The number of rotatable bonds is 3. The molecule has 1 aromatic heterocycles. The van der Waals surface area contributed by atoms with Gasteiger partial charge in [0.25, 0.3) is 0 Å². The molecule has 2 N–H and O–H groups in total. The Bertz CT molecular complexity index is 657. The van der Waals surface area contributed by atoms with Crippen LogP contribution in [0, 0.1) is 11.6 Å². The molecule has 0 radical (unpaired) electrons. The highest BCUT2D eigenvalue weighted by Gasteiger charge is 2.27. The van der Waals surface area contributed by atoms with Crippen molar-refractivity contribution in [2.75, 3.05) is 10.6 Å². The van der Waals surface area contributed by atoms with Crippen molar-refractivity contribution >= 4 is 28.2 Å². The Morgan fingerprint density at radius 1 is 1.20 bits per heavy atom. The molecule has 0 saturated heterocycles. The molecule has 0 unspecified atom stereocenters. The van der Waals surface area contributed by atoms with Gasteiger partial charge in [-0.3, -0.25) is 5.32 Å². The molecular weight excluding hydrogens is 286 g/mol. The van der Waals surface area contributed by atoms with Crippen LogP contribution in [0.15, 0.2) is 18.2 Å². The third kappa shape index (κ3) is 2.90. The molecular formula is C12H10F2N4OS. The third-order valence-corrected chi connectivity index (χ3v) is 3.77. The first-order valence-corrected chi connectivity index (χ1v) is 6.80. The number of anilines is 2. The Kier molecular flexibility index (Phi) is 3.31. The molecule has 1 heterocycles. The van der Waals surface area contributed by atoms with Gasteiger partial charge < -0.3 is 5.32 Å². The number of amides is 2. The number of halogens is 2. The quantitative estimate of drug-likeness (QED) is 0.913. The van der Waals surface area contributed by atoms with Crippen molar-refractivity contribution in [3.05, 3.63) is 34.8 Å². The summed E-state index contributed by atoms with van der Waals surface area (Å²) in [5.41, 5.74) is 0.160. The second-order valence-electron chi connectivity index (χ2n) is 4.43. The molecule has 1 aliphatic carbocycles. The average molecular weight is 296 g/mol. The Labute approximate surface area is 117 Å². The van der Waals surface area contributed by atoms with Crippen molar-refractivity contribution < 1.29 is 13.6 Å². The number of carbonyl (C=O) groups is 1. The zero-order chi connectivity index (χ0) is 14.1. The van der Waals surface area contributed by atoms with Crippen LogP contribution in [0.25, 0.3) is 0 Å². The fraction of sp³-hybridized carbons (Fsp3) is 0.250. The maximum absolute atomic E-state index is 13.0. The SMILES string of the molecule is O=C(Nc1ccc(F)c(F)c1)Nc1nnc(C2CC2)s1. The number of aromatic nitrogens is 2. The molecule has 8 heteroatoms. The summed E-state index contributed by atoms with van der Waals surface area (Å²) < 4.78 is 25.7. The van der Waals surface area contributed by atoms with Gasteiger partial charge in [-0.15, -0.1) is 10.2 Å². The number of benzene rings is 1. The number of nitrogens with one attached hydrogen (secondary N) is 2. The zero-order valence-corrected chi connectivity index (χ0v) is 11.0. The van der Waals surface area contributed by atoms with Crippen molar-refractivity contribution in [3.8, 4) is 0 Å². The summed E-state index contributed by atoms with van der Waals surface area (Å²) in [6.07, 6.45) is 2.21. The number of urea groups is 1. The van der Waals surface area contributed by atoms with Gasteiger partial charge in [-0.05, 0) is 25.0 Å². The summed E-state index contributed by atoms with van der Waals surface area (Å²) in [5.74, 6) is -1.51. The number of nitrogens with zero attached hydrogens (tertiary/aromatic N) is 2. The molecule has 1 fully saturated rings. The van der Waals surface area contributed by atoms with Crippen LogP contribution in [0.4, 0.5) is 24.4 Å². The first-order valence-electron chi connectivity index (χ1n) is 5.98. The molecule has 20 heavy (non-hydrogen) atoms. The maximum atomic E-state index is 13.0. The van der Waals surface area contributed by atoms with Crippen molar-refractivity contribution in [2.24, 2.45) is 0 Å². The van der Waals surface area contributed by atoms with Crippen molar-refractivity contribution in [1.29, 1.82) is 0 Å². The molecule has 5 nitrogen and oxygen atoms in total.